The maximum absolute atomic E-state index is 13.3. The third-order valence-electron chi connectivity index (χ3n) is 5.42. The molecule has 2 N–H and O–H groups in total. The lowest BCUT2D eigenvalue weighted by Gasteiger charge is -2.32. The van der Waals surface area contributed by atoms with E-state index in [9.17, 15) is 18.3 Å². The van der Waals surface area contributed by atoms with E-state index in [4.69, 9.17) is 4.74 Å². The van der Waals surface area contributed by atoms with Gasteiger partial charge in [-0.1, -0.05) is 31.5 Å². The van der Waals surface area contributed by atoms with E-state index < -0.39 is 22.0 Å². The Hall–Kier alpha value is -2.84. The quantitative estimate of drug-likeness (QED) is 0.559. The van der Waals surface area contributed by atoms with Crippen molar-refractivity contribution >= 4 is 26.9 Å². The number of nitrogens with zero attached hydrogens (tertiary/aromatic N) is 1. The molecular weight excluding hydrogens is 404 g/mol. The average Bonchev–Trinajstić information content (AvgIpc) is 3.12. The highest BCUT2D eigenvalue weighted by Gasteiger charge is 2.42. The van der Waals surface area contributed by atoms with Crippen LogP contribution in [0.15, 0.2) is 53.4 Å². The van der Waals surface area contributed by atoms with Crippen molar-refractivity contribution in [3.05, 3.63) is 59.8 Å². The molecule has 4 rings (SSSR count). The Morgan fingerprint density at radius 2 is 1.93 bits per heavy atom. The predicted molar refractivity (Wildman–Crippen MR) is 113 cm³/mol. The number of unbranched alkanes of at least 4 members (excludes halogenated alkanes) is 1. The zero-order chi connectivity index (χ0) is 21.3. The van der Waals surface area contributed by atoms with Crippen LogP contribution in [0.1, 0.15) is 37.1 Å². The molecular formula is C22H24N2O5S. The van der Waals surface area contributed by atoms with Crippen LogP contribution in [-0.2, 0) is 21.2 Å². The summed E-state index contributed by atoms with van der Waals surface area (Å²) in [5, 5.41) is 10.8. The summed E-state index contributed by atoms with van der Waals surface area (Å²) in [7, 11) is -4.00. The number of para-hydroxylation sites is 1. The number of aliphatic carboxylic acids is 1. The molecule has 7 nitrogen and oxygen atoms in total. The van der Waals surface area contributed by atoms with Crippen LogP contribution in [-0.4, -0.2) is 41.9 Å². The number of benzene rings is 2. The SMILES string of the molecule is CCCCOc1ccc(S(=O)(=O)N2CCc3c([nH]c4ccccc34)C2C(=O)O)cc1. The molecule has 1 atom stereocenters. The van der Waals surface area contributed by atoms with Gasteiger partial charge in [-0.3, -0.25) is 4.79 Å². The van der Waals surface area contributed by atoms with Crippen LogP contribution in [0.2, 0.25) is 0 Å². The van der Waals surface area contributed by atoms with Crippen molar-refractivity contribution in [3.8, 4) is 5.75 Å². The first kappa shape index (κ1) is 20.4. The molecule has 8 heteroatoms. The van der Waals surface area contributed by atoms with E-state index in [0.29, 0.717) is 24.5 Å². The molecule has 0 spiro atoms. The predicted octanol–water partition coefficient (Wildman–Crippen LogP) is 3.72. The summed E-state index contributed by atoms with van der Waals surface area (Å²) < 4.78 is 33.3. The highest BCUT2D eigenvalue weighted by Crippen LogP contribution is 2.37. The number of aromatic amines is 1. The lowest BCUT2D eigenvalue weighted by molar-refractivity contribution is -0.142. The summed E-state index contributed by atoms with van der Waals surface area (Å²) >= 11 is 0. The van der Waals surface area contributed by atoms with Gasteiger partial charge in [0.05, 0.1) is 11.5 Å². The summed E-state index contributed by atoms with van der Waals surface area (Å²) in [6.07, 6.45) is 2.37. The van der Waals surface area contributed by atoms with Gasteiger partial charge in [0.1, 0.15) is 5.75 Å². The number of nitrogens with one attached hydrogen (secondary N) is 1. The number of fused-ring (bicyclic) bond motifs is 3. The van der Waals surface area contributed by atoms with Gasteiger partial charge >= 0.3 is 5.97 Å². The zero-order valence-electron chi connectivity index (χ0n) is 16.7. The number of hydrogen-bond donors (Lipinski definition) is 2. The molecule has 0 amide bonds. The van der Waals surface area contributed by atoms with Gasteiger partial charge in [-0.15, -0.1) is 0 Å². The molecule has 0 saturated heterocycles. The fraction of sp³-hybridized carbons (Fsp3) is 0.318. The van der Waals surface area contributed by atoms with E-state index >= 15 is 0 Å². The monoisotopic (exact) mass is 428 g/mol. The standard InChI is InChI=1S/C22H24N2O5S/c1-2-3-14-29-15-8-10-16(11-9-15)30(27,28)24-13-12-18-17-6-4-5-7-19(17)23-20(18)21(24)22(25)26/h4-11,21,23H,2-3,12-14H2,1H3,(H,25,26). The minimum absolute atomic E-state index is 0.0520. The van der Waals surface area contributed by atoms with Crippen LogP contribution in [0.5, 0.6) is 5.75 Å². The van der Waals surface area contributed by atoms with Crippen LogP contribution >= 0.6 is 0 Å². The number of carboxylic acids is 1. The van der Waals surface area contributed by atoms with Gasteiger partial charge in [-0.25, -0.2) is 8.42 Å². The van der Waals surface area contributed by atoms with Crippen molar-refractivity contribution in [2.24, 2.45) is 0 Å². The second-order valence-corrected chi connectivity index (χ2v) is 9.23. The summed E-state index contributed by atoms with van der Waals surface area (Å²) in [6, 6.07) is 12.4. The Balaban J connectivity index is 1.67. The van der Waals surface area contributed by atoms with Crippen LogP contribution in [0.25, 0.3) is 10.9 Å². The van der Waals surface area contributed by atoms with Gasteiger partial charge in [-0.05, 0) is 48.7 Å². The van der Waals surface area contributed by atoms with E-state index in [1.807, 2.05) is 24.3 Å². The number of carbonyl (C=O) groups is 1. The topological polar surface area (TPSA) is 99.7 Å². The molecule has 0 bridgehead atoms. The molecule has 1 aliphatic rings. The summed E-state index contributed by atoms with van der Waals surface area (Å²) in [4.78, 5) is 15.3. The van der Waals surface area contributed by atoms with Crippen LogP contribution in [0, 0.1) is 0 Å². The van der Waals surface area contributed by atoms with Crippen molar-refractivity contribution in [1.29, 1.82) is 0 Å². The lowest BCUT2D eigenvalue weighted by Crippen LogP contribution is -2.43. The van der Waals surface area contributed by atoms with E-state index in [2.05, 4.69) is 11.9 Å². The van der Waals surface area contributed by atoms with Crippen molar-refractivity contribution in [1.82, 2.24) is 9.29 Å². The van der Waals surface area contributed by atoms with E-state index in [1.54, 1.807) is 12.1 Å². The Bertz CT molecular complexity index is 1170. The summed E-state index contributed by atoms with van der Waals surface area (Å²) in [6.45, 7) is 2.73. The minimum atomic E-state index is -4.00. The number of carboxylic acid groups (broad SMARTS) is 1. The number of hydrogen-bond acceptors (Lipinski definition) is 4. The van der Waals surface area contributed by atoms with Crippen molar-refractivity contribution in [2.45, 2.75) is 37.1 Å². The highest BCUT2D eigenvalue weighted by atomic mass is 32.2. The van der Waals surface area contributed by atoms with Gasteiger partial charge in [-0.2, -0.15) is 4.31 Å². The lowest BCUT2D eigenvalue weighted by atomic mass is 9.99. The van der Waals surface area contributed by atoms with Crippen LogP contribution in [0.3, 0.4) is 0 Å². The van der Waals surface area contributed by atoms with Gasteiger partial charge < -0.3 is 14.8 Å². The molecule has 1 unspecified atom stereocenters. The number of aromatic nitrogens is 1. The van der Waals surface area contributed by atoms with E-state index in [-0.39, 0.29) is 11.4 Å². The maximum atomic E-state index is 13.3. The second-order valence-electron chi connectivity index (χ2n) is 7.34. The molecule has 3 aromatic rings. The minimum Gasteiger partial charge on any atom is -0.494 e. The van der Waals surface area contributed by atoms with Gasteiger partial charge in [0.25, 0.3) is 0 Å². The average molecular weight is 429 g/mol. The Labute approximate surface area is 175 Å². The largest absolute Gasteiger partial charge is 0.494 e. The number of sulfonamides is 1. The Kier molecular flexibility index (Phi) is 5.53. The Morgan fingerprint density at radius 3 is 2.63 bits per heavy atom. The molecule has 0 fully saturated rings. The molecule has 0 aliphatic carbocycles. The van der Waals surface area contributed by atoms with E-state index in [0.717, 1.165) is 33.6 Å². The first-order valence-electron chi connectivity index (χ1n) is 10.0. The van der Waals surface area contributed by atoms with Crippen molar-refractivity contribution < 1.29 is 23.1 Å². The van der Waals surface area contributed by atoms with Crippen LogP contribution in [0.4, 0.5) is 0 Å². The molecule has 158 valence electrons. The van der Waals surface area contributed by atoms with Gasteiger partial charge in [0.15, 0.2) is 6.04 Å². The third kappa shape index (κ3) is 3.57. The molecule has 0 radical (unpaired) electrons. The third-order valence-corrected chi connectivity index (χ3v) is 7.30. The smallest absolute Gasteiger partial charge is 0.328 e. The second kappa shape index (κ2) is 8.12. The highest BCUT2D eigenvalue weighted by molar-refractivity contribution is 7.89. The summed E-state index contributed by atoms with van der Waals surface area (Å²) in [5.74, 6) is -0.612. The van der Waals surface area contributed by atoms with Gasteiger partial charge in [0.2, 0.25) is 10.0 Å². The maximum Gasteiger partial charge on any atom is 0.328 e. The first-order valence-corrected chi connectivity index (χ1v) is 11.4. The molecule has 0 saturated carbocycles. The molecule has 30 heavy (non-hydrogen) atoms. The van der Waals surface area contributed by atoms with Gasteiger partial charge in [0, 0.05) is 23.1 Å². The zero-order valence-corrected chi connectivity index (χ0v) is 17.5. The van der Waals surface area contributed by atoms with Crippen LogP contribution < -0.4 is 4.74 Å². The molecule has 1 aromatic heterocycles. The van der Waals surface area contributed by atoms with Crippen molar-refractivity contribution in [3.63, 3.8) is 0 Å². The first-order chi connectivity index (χ1) is 14.4. The fourth-order valence-corrected chi connectivity index (χ4v) is 5.46. The Morgan fingerprint density at radius 1 is 1.20 bits per heavy atom. The number of ether oxygens (including phenoxy) is 1. The van der Waals surface area contributed by atoms with Crippen molar-refractivity contribution in [2.75, 3.05) is 13.2 Å². The molecule has 2 heterocycles. The number of rotatable bonds is 7. The molecule has 1 aliphatic heterocycles. The summed E-state index contributed by atoms with van der Waals surface area (Å²) in [5.41, 5.74) is 2.10. The number of H-pyrrole nitrogens is 1. The normalized spacial score (nSPS) is 17.0. The molecule has 2 aromatic carbocycles. The fourth-order valence-electron chi connectivity index (χ4n) is 3.90. The van der Waals surface area contributed by atoms with E-state index in [1.165, 1.54) is 12.1 Å².